The van der Waals surface area contributed by atoms with Gasteiger partial charge in [-0.1, -0.05) is 13.5 Å². The fourth-order valence-electron chi connectivity index (χ4n) is 8.82. The number of Topliss-reactive ketones (excluding diaryl/α,β-unsaturated/α-hetero) is 1. The van der Waals surface area contributed by atoms with Crippen molar-refractivity contribution in [1.82, 2.24) is 25.4 Å². The summed E-state index contributed by atoms with van der Waals surface area (Å²) in [4.78, 5) is 86.3. The number of hydrogen-bond donors (Lipinski definition) is 4. The van der Waals surface area contributed by atoms with Crippen LogP contribution in [0.4, 0.5) is 4.39 Å². The first-order valence-electron chi connectivity index (χ1n) is 21.5. The summed E-state index contributed by atoms with van der Waals surface area (Å²) < 4.78 is 36.8. The van der Waals surface area contributed by atoms with Crippen LogP contribution in [0.5, 0.6) is 0 Å². The molecular weight excluding hydrogens is 820 g/mol. The number of carbonyl (C=O) groups excluding carboxylic acids is 5. The number of carboxylic acids is 1. The van der Waals surface area contributed by atoms with Crippen LogP contribution >= 0.6 is 0 Å². The number of carboxylic acid groups (broad SMARTS) is 1. The van der Waals surface area contributed by atoms with E-state index >= 15 is 4.39 Å². The molecule has 5 N–H and O–H groups in total. The molecule has 2 unspecified atom stereocenters. The maximum absolute atomic E-state index is 15.1. The number of esters is 1. The van der Waals surface area contributed by atoms with Crippen LogP contribution in [0.2, 0.25) is 0 Å². The van der Waals surface area contributed by atoms with Gasteiger partial charge in [0, 0.05) is 47.8 Å². The van der Waals surface area contributed by atoms with Crippen LogP contribution in [0.15, 0.2) is 35.6 Å². The number of amides is 3. The number of aryl methyl sites for hydroxylation is 2. The van der Waals surface area contributed by atoms with Crippen LogP contribution in [0.25, 0.3) is 16.6 Å². The molecule has 63 heavy (non-hydrogen) atoms. The molecule has 3 amide bonds. The number of nitrogens with two attached hydrogens (primary N) is 1. The Kier molecular flexibility index (Phi) is 15.8. The first kappa shape index (κ1) is 46.9. The molecule has 3 atom stereocenters. The van der Waals surface area contributed by atoms with Crippen molar-refractivity contribution in [3.63, 3.8) is 0 Å². The van der Waals surface area contributed by atoms with E-state index in [0.717, 1.165) is 41.3 Å². The van der Waals surface area contributed by atoms with Gasteiger partial charge in [0.15, 0.2) is 11.9 Å². The molecular formula is C45H57FN6O11. The SMILES string of the molecule is C=C1C(CC)=C(C(OC(=O)CNC(=O)[C@@H]2CCCN2C(=O)C(CC(=O)O)NC(=O)CCOCCOCCOCCN)C(C)=O)C=C2c3nc4cc(F)c(C)c5c4c(c3CN12)CCC5. The lowest BCUT2D eigenvalue weighted by Gasteiger charge is -2.32. The average Bonchev–Trinajstić information content (AvgIpc) is 3.90. The average molecular weight is 877 g/mol. The van der Waals surface area contributed by atoms with Gasteiger partial charge in [-0.25, -0.2) is 9.37 Å². The second-order valence-electron chi connectivity index (χ2n) is 16.0. The van der Waals surface area contributed by atoms with Crippen molar-refractivity contribution in [3.8, 4) is 0 Å². The summed E-state index contributed by atoms with van der Waals surface area (Å²) in [6.45, 7) is 11.4. The number of ether oxygens (including phenoxy) is 4. The molecule has 2 aromatic rings. The summed E-state index contributed by atoms with van der Waals surface area (Å²) in [5.41, 5.74) is 12.8. The third kappa shape index (κ3) is 10.6. The van der Waals surface area contributed by atoms with Gasteiger partial charge in [-0.2, -0.15) is 0 Å². The van der Waals surface area contributed by atoms with Gasteiger partial charge in [0.25, 0.3) is 0 Å². The van der Waals surface area contributed by atoms with Gasteiger partial charge in [0.1, 0.15) is 24.4 Å². The normalized spacial score (nSPS) is 17.6. The van der Waals surface area contributed by atoms with Crippen molar-refractivity contribution in [3.05, 3.63) is 69.3 Å². The Morgan fingerprint density at radius 1 is 1.02 bits per heavy atom. The maximum Gasteiger partial charge on any atom is 0.326 e. The number of rotatable bonds is 22. The molecule has 18 heteroatoms. The van der Waals surface area contributed by atoms with E-state index in [9.17, 15) is 33.9 Å². The van der Waals surface area contributed by atoms with Gasteiger partial charge >= 0.3 is 11.9 Å². The summed E-state index contributed by atoms with van der Waals surface area (Å²) in [5.74, 6) is -5.07. The third-order valence-corrected chi connectivity index (χ3v) is 11.8. The Hall–Kier alpha value is -5.56. The van der Waals surface area contributed by atoms with Gasteiger partial charge in [0.2, 0.25) is 17.7 Å². The minimum Gasteiger partial charge on any atom is -0.481 e. The van der Waals surface area contributed by atoms with E-state index in [1.807, 2.05) is 11.8 Å². The molecule has 1 aromatic carbocycles. The lowest BCUT2D eigenvalue weighted by molar-refractivity contribution is -0.152. The number of nitrogens with zero attached hydrogens (tertiary/aromatic N) is 3. The second kappa shape index (κ2) is 21.2. The van der Waals surface area contributed by atoms with Gasteiger partial charge in [0.05, 0.1) is 69.5 Å². The Morgan fingerprint density at radius 3 is 2.40 bits per heavy atom. The Morgan fingerprint density at radius 2 is 1.71 bits per heavy atom. The summed E-state index contributed by atoms with van der Waals surface area (Å²) in [5, 5.41) is 15.5. The summed E-state index contributed by atoms with van der Waals surface area (Å²) in [6, 6.07) is -1.03. The molecule has 3 aliphatic heterocycles. The van der Waals surface area contributed by atoms with Gasteiger partial charge in [-0.05, 0) is 80.7 Å². The predicted octanol–water partition coefficient (Wildman–Crippen LogP) is 2.53. The highest BCUT2D eigenvalue weighted by atomic mass is 19.1. The molecule has 1 aliphatic carbocycles. The van der Waals surface area contributed by atoms with E-state index < -0.39 is 66.6 Å². The smallest absolute Gasteiger partial charge is 0.326 e. The van der Waals surface area contributed by atoms with E-state index in [0.29, 0.717) is 85.1 Å². The largest absolute Gasteiger partial charge is 0.481 e. The summed E-state index contributed by atoms with van der Waals surface area (Å²) in [7, 11) is 0. The van der Waals surface area contributed by atoms with Crippen LogP contribution in [-0.2, 0) is 67.1 Å². The number of aromatic nitrogens is 1. The molecule has 1 fully saturated rings. The molecule has 0 spiro atoms. The number of halogens is 1. The zero-order valence-electron chi connectivity index (χ0n) is 36.1. The quantitative estimate of drug-likeness (QED) is 0.0985. The first-order chi connectivity index (χ1) is 30.2. The molecule has 0 radical (unpaired) electrons. The van der Waals surface area contributed by atoms with Crippen molar-refractivity contribution in [1.29, 1.82) is 0 Å². The number of carbonyl (C=O) groups is 6. The van der Waals surface area contributed by atoms with Crippen LogP contribution in [0, 0.1) is 12.7 Å². The van der Waals surface area contributed by atoms with E-state index in [4.69, 9.17) is 29.7 Å². The molecule has 1 aromatic heterocycles. The zero-order chi connectivity index (χ0) is 45.4. The number of pyridine rings is 1. The van der Waals surface area contributed by atoms with Gasteiger partial charge in [-0.3, -0.25) is 28.8 Å². The minimum atomic E-state index is -1.45. The third-order valence-electron chi connectivity index (χ3n) is 11.8. The minimum absolute atomic E-state index is 0.00391. The maximum atomic E-state index is 15.1. The molecule has 4 aliphatic rings. The number of fused-ring (bicyclic) bond motifs is 4. The Balaban J connectivity index is 1.07. The van der Waals surface area contributed by atoms with Gasteiger partial charge < -0.3 is 50.2 Å². The summed E-state index contributed by atoms with van der Waals surface area (Å²) in [6.07, 6.45) is 3.15. The second-order valence-corrected chi connectivity index (χ2v) is 16.0. The zero-order valence-corrected chi connectivity index (χ0v) is 36.1. The van der Waals surface area contributed by atoms with E-state index in [2.05, 4.69) is 17.2 Å². The van der Waals surface area contributed by atoms with Gasteiger partial charge in [-0.15, -0.1) is 0 Å². The number of ketones is 1. The van der Waals surface area contributed by atoms with Crippen LogP contribution < -0.4 is 16.4 Å². The number of benzene rings is 1. The van der Waals surface area contributed by atoms with Crippen LogP contribution in [0.1, 0.15) is 80.3 Å². The topological polar surface area (TPSA) is 229 Å². The van der Waals surface area contributed by atoms with Crippen LogP contribution in [0.3, 0.4) is 0 Å². The number of nitrogens with one attached hydrogen (secondary N) is 2. The van der Waals surface area contributed by atoms with E-state index in [-0.39, 0.29) is 45.0 Å². The van der Waals surface area contributed by atoms with Crippen molar-refractivity contribution in [2.24, 2.45) is 5.73 Å². The van der Waals surface area contributed by atoms with Crippen molar-refractivity contribution in [2.45, 2.75) is 96.9 Å². The molecule has 17 nitrogen and oxygen atoms in total. The number of likely N-dealkylation sites (tertiary alicyclic amines) is 1. The van der Waals surface area contributed by atoms with E-state index in [1.54, 1.807) is 13.0 Å². The van der Waals surface area contributed by atoms with Crippen molar-refractivity contribution in [2.75, 3.05) is 59.3 Å². The monoisotopic (exact) mass is 876 g/mol. The number of hydrogen-bond acceptors (Lipinski definition) is 13. The Labute approximate surface area is 365 Å². The first-order valence-corrected chi connectivity index (χ1v) is 21.5. The molecule has 0 bridgehead atoms. The predicted molar refractivity (Wildman–Crippen MR) is 227 cm³/mol. The standard InChI is InChI=1S/C45H57FN6O11/c1-5-28-26(3)52-24-32-30-9-6-8-29-25(2)33(46)21-34(41(29)30)50-42(32)37(52)20-31(28)43(27(4)53)63-40(57)23-48-44(58)36-10-7-13-51(36)45(59)35(22-39(55)56)49-38(54)11-14-60-16-18-62-19-17-61-15-12-47/h20-21,35-36,43H,3,5-19,22-24,47H2,1-2,4H3,(H,48,58)(H,49,54)(H,55,56)/t35?,36-,43?/m0/s1. The molecule has 0 saturated carbocycles. The Bertz CT molecular complexity index is 2220. The number of allylic oxidation sites excluding steroid dienone is 1. The molecule has 4 heterocycles. The fraction of sp³-hybridized carbons (Fsp3) is 0.533. The molecule has 340 valence electrons. The van der Waals surface area contributed by atoms with Crippen molar-refractivity contribution >= 4 is 52.0 Å². The molecule has 6 rings (SSSR count). The highest BCUT2D eigenvalue weighted by molar-refractivity contribution is 5.96. The lowest BCUT2D eigenvalue weighted by Crippen LogP contribution is -2.54. The van der Waals surface area contributed by atoms with Crippen LogP contribution in [-0.4, -0.2) is 133 Å². The van der Waals surface area contributed by atoms with Crippen molar-refractivity contribution < 1.29 is 57.2 Å². The highest BCUT2D eigenvalue weighted by Crippen LogP contribution is 2.47. The molecule has 1 saturated heterocycles. The summed E-state index contributed by atoms with van der Waals surface area (Å²) >= 11 is 0. The fourth-order valence-corrected chi connectivity index (χ4v) is 8.82. The highest BCUT2D eigenvalue weighted by Gasteiger charge is 2.41. The lowest BCUT2D eigenvalue weighted by atomic mass is 9.85. The number of aliphatic carboxylic acids is 1. The van der Waals surface area contributed by atoms with E-state index in [1.165, 1.54) is 17.9 Å².